The second-order valence-electron chi connectivity index (χ2n) is 5.51. The van der Waals surface area contributed by atoms with Crippen molar-refractivity contribution in [2.75, 3.05) is 0 Å². The first kappa shape index (κ1) is 16.2. The van der Waals surface area contributed by atoms with Gasteiger partial charge in [0.15, 0.2) is 0 Å². The van der Waals surface area contributed by atoms with Crippen LogP contribution < -0.4 is 5.73 Å². The van der Waals surface area contributed by atoms with E-state index in [9.17, 15) is 0 Å². The summed E-state index contributed by atoms with van der Waals surface area (Å²) >= 11 is 0. The highest BCUT2D eigenvalue weighted by Crippen LogP contribution is 2.17. The van der Waals surface area contributed by atoms with Gasteiger partial charge < -0.3 is 5.73 Å². The van der Waals surface area contributed by atoms with Crippen molar-refractivity contribution in [3.63, 3.8) is 0 Å². The van der Waals surface area contributed by atoms with Gasteiger partial charge in [-0.1, -0.05) is 70.8 Å². The van der Waals surface area contributed by atoms with Gasteiger partial charge in [0, 0.05) is 18.4 Å². The summed E-state index contributed by atoms with van der Waals surface area (Å²) in [5, 5.41) is 0. The molecular weight excluding hydrogens is 232 g/mol. The van der Waals surface area contributed by atoms with Crippen LogP contribution in [-0.2, 0) is 0 Å². The summed E-state index contributed by atoms with van der Waals surface area (Å²) < 4.78 is 0. The Hall–Kier alpha value is -0.890. The summed E-state index contributed by atoms with van der Waals surface area (Å²) in [6, 6.07) is 4.20. The molecule has 0 aromatic carbocycles. The number of aromatic nitrogens is 1. The third-order valence-electron chi connectivity index (χ3n) is 3.73. The lowest BCUT2D eigenvalue weighted by Gasteiger charge is -2.11. The maximum absolute atomic E-state index is 6.15. The number of unbranched alkanes of at least 4 members (excludes halogenated alkanes) is 8. The van der Waals surface area contributed by atoms with Crippen molar-refractivity contribution in [1.29, 1.82) is 0 Å². The fourth-order valence-corrected chi connectivity index (χ4v) is 2.44. The lowest BCUT2D eigenvalue weighted by molar-refractivity contribution is 0.532. The molecule has 2 nitrogen and oxygen atoms in total. The largest absolute Gasteiger partial charge is 0.324 e. The van der Waals surface area contributed by atoms with E-state index >= 15 is 0 Å². The number of rotatable bonds is 11. The van der Waals surface area contributed by atoms with Gasteiger partial charge in [-0.2, -0.15) is 0 Å². The van der Waals surface area contributed by atoms with Crippen molar-refractivity contribution >= 4 is 0 Å². The van der Waals surface area contributed by atoms with Crippen LogP contribution >= 0.6 is 0 Å². The van der Waals surface area contributed by atoms with Crippen molar-refractivity contribution < 1.29 is 0 Å². The zero-order chi connectivity index (χ0) is 13.8. The van der Waals surface area contributed by atoms with Gasteiger partial charge in [0.2, 0.25) is 0 Å². The van der Waals surface area contributed by atoms with Gasteiger partial charge in [-0.05, 0) is 18.1 Å². The van der Waals surface area contributed by atoms with E-state index in [4.69, 9.17) is 5.73 Å². The molecule has 0 bridgehead atoms. The van der Waals surface area contributed by atoms with E-state index in [1.807, 2.05) is 12.3 Å². The number of nitrogens with zero attached hydrogens (tertiary/aromatic N) is 1. The molecule has 0 aliphatic rings. The van der Waals surface area contributed by atoms with Gasteiger partial charge in [0.1, 0.15) is 0 Å². The summed E-state index contributed by atoms with van der Waals surface area (Å²) in [7, 11) is 0. The van der Waals surface area contributed by atoms with Crippen LogP contribution in [0.2, 0.25) is 0 Å². The van der Waals surface area contributed by atoms with Gasteiger partial charge in [0.05, 0.1) is 0 Å². The third-order valence-corrected chi connectivity index (χ3v) is 3.73. The Balaban J connectivity index is 1.93. The minimum atomic E-state index is 0.165. The molecule has 0 spiro atoms. The molecule has 19 heavy (non-hydrogen) atoms. The minimum absolute atomic E-state index is 0.165. The average molecular weight is 262 g/mol. The lowest BCUT2D eigenvalue weighted by Crippen LogP contribution is -2.10. The normalized spacial score (nSPS) is 12.5. The summed E-state index contributed by atoms with van der Waals surface area (Å²) in [5.74, 6) is 0. The molecule has 2 N–H and O–H groups in total. The van der Waals surface area contributed by atoms with Crippen molar-refractivity contribution in [3.05, 3.63) is 30.1 Å². The van der Waals surface area contributed by atoms with Crippen molar-refractivity contribution in [1.82, 2.24) is 4.98 Å². The van der Waals surface area contributed by atoms with Crippen molar-refractivity contribution in [2.24, 2.45) is 5.73 Å². The van der Waals surface area contributed by atoms with Crippen LogP contribution in [0.4, 0.5) is 0 Å². The zero-order valence-corrected chi connectivity index (χ0v) is 12.5. The fourth-order valence-electron chi connectivity index (χ4n) is 2.44. The van der Waals surface area contributed by atoms with Gasteiger partial charge in [-0.15, -0.1) is 0 Å². The maximum Gasteiger partial charge on any atom is 0.0315 e. The quantitative estimate of drug-likeness (QED) is 0.570. The summed E-state index contributed by atoms with van der Waals surface area (Å²) in [6.45, 7) is 2.27. The first-order valence-corrected chi connectivity index (χ1v) is 8.00. The van der Waals surface area contributed by atoms with Crippen molar-refractivity contribution in [3.8, 4) is 0 Å². The molecule has 2 heteroatoms. The van der Waals surface area contributed by atoms with Crippen LogP contribution in [0.15, 0.2) is 24.5 Å². The van der Waals surface area contributed by atoms with Crippen LogP contribution in [0.3, 0.4) is 0 Å². The molecule has 0 aliphatic carbocycles. The number of nitrogens with two attached hydrogens (primary N) is 1. The van der Waals surface area contributed by atoms with E-state index in [0.29, 0.717) is 0 Å². The Kier molecular flexibility index (Phi) is 9.34. The number of hydrogen-bond acceptors (Lipinski definition) is 2. The lowest BCUT2D eigenvalue weighted by atomic mass is 10.0. The minimum Gasteiger partial charge on any atom is -0.324 e. The number of hydrogen-bond donors (Lipinski definition) is 1. The molecule has 1 heterocycles. The van der Waals surface area contributed by atoms with Gasteiger partial charge in [0.25, 0.3) is 0 Å². The van der Waals surface area contributed by atoms with Gasteiger partial charge in [-0.25, -0.2) is 0 Å². The maximum atomic E-state index is 6.15. The molecule has 0 fully saturated rings. The van der Waals surface area contributed by atoms with Crippen LogP contribution in [0.5, 0.6) is 0 Å². The van der Waals surface area contributed by atoms with Gasteiger partial charge in [-0.3, -0.25) is 4.98 Å². The Morgan fingerprint density at radius 1 is 1.00 bits per heavy atom. The molecule has 1 aromatic heterocycles. The average Bonchev–Trinajstić information content (AvgIpc) is 2.46. The Morgan fingerprint density at radius 3 is 2.21 bits per heavy atom. The van der Waals surface area contributed by atoms with Crippen LogP contribution in [0.25, 0.3) is 0 Å². The van der Waals surface area contributed by atoms with Crippen molar-refractivity contribution in [2.45, 2.75) is 77.2 Å². The zero-order valence-electron chi connectivity index (χ0n) is 12.5. The summed E-state index contributed by atoms with van der Waals surface area (Å²) in [4.78, 5) is 4.12. The molecule has 1 rings (SSSR count). The number of pyridine rings is 1. The Labute approximate surface area is 118 Å². The van der Waals surface area contributed by atoms with Crippen LogP contribution in [0.1, 0.15) is 82.7 Å². The monoisotopic (exact) mass is 262 g/mol. The third kappa shape index (κ3) is 7.99. The molecule has 108 valence electrons. The van der Waals surface area contributed by atoms with E-state index in [-0.39, 0.29) is 6.04 Å². The second kappa shape index (κ2) is 11.0. The van der Waals surface area contributed by atoms with E-state index in [1.54, 1.807) is 6.20 Å². The smallest absolute Gasteiger partial charge is 0.0315 e. The molecular formula is C17H30N2. The summed E-state index contributed by atoms with van der Waals surface area (Å²) in [6.07, 6.45) is 17.1. The molecule has 1 aromatic rings. The summed E-state index contributed by atoms with van der Waals surface area (Å²) in [5.41, 5.74) is 7.32. The second-order valence-corrected chi connectivity index (χ2v) is 5.51. The molecule has 0 saturated carbocycles. The van der Waals surface area contributed by atoms with E-state index < -0.39 is 0 Å². The molecule has 0 radical (unpaired) electrons. The molecule has 0 aliphatic heterocycles. The molecule has 0 saturated heterocycles. The van der Waals surface area contributed by atoms with Crippen LogP contribution in [0, 0.1) is 0 Å². The molecule has 0 amide bonds. The van der Waals surface area contributed by atoms with Gasteiger partial charge >= 0.3 is 0 Å². The topological polar surface area (TPSA) is 38.9 Å². The highest BCUT2D eigenvalue weighted by Gasteiger charge is 2.04. The predicted octanol–water partition coefficient (Wildman–Crippen LogP) is 5.00. The molecule has 1 unspecified atom stereocenters. The highest BCUT2D eigenvalue weighted by atomic mass is 14.7. The van der Waals surface area contributed by atoms with E-state index in [1.165, 1.54) is 63.4 Å². The van der Waals surface area contributed by atoms with E-state index in [2.05, 4.69) is 18.0 Å². The molecule has 1 atom stereocenters. The Bertz CT molecular complexity index is 297. The highest BCUT2D eigenvalue weighted by molar-refractivity contribution is 5.12. The first-order valence-electron chi connectivity index (χ1n) is 8.00. The first-order chi connectivity index (χ1) is 9.34. The SMILES string of the molecule is CCCCCCCCCCCC(N)c1cccnc1. The predicted molar refractivity (Wildman–Crippen MR) is 83.0 cm³/mol. The standard InChI is InChI=1S/C17H30N2/c1-2-3-4-5-6-7-8-9-10-13-17(18)16-12-11-14-19-15-16/h11-12,14-15,17H,2-10,13,18H2,1H3. The fraction of sp³-hybridized carbons (Fsp3) is 0.706. The Morgan fingerprint density at radius 2 is 1.63 bits per heavy atom. The van der Waals surface area contributed by atoms with E-state index in [0.717, 1.165) is 6.42 Å². The van der Waals surface area contributed by atoms with Crippen LogP contribution in [-0.4, -0.2) is 4.98 Å².